The zero-order chi connectivity index (χ0) is 18.0. The van der Waals surface area contributed by atoms with Crippen molar-refractivity contribution in [3.63, 3.8) is 0 Å². The Morgan fingerprint density at radius 1 is 1.04 bits per heavy atom. The van der Waals surface area contributed by atoms with E-state index in [-0.39, 0.29) is 0 Å². The van der Waals surface area contributed by atoms with Crippen molar-refractivity contribution in [1.82, 2.24) is 0 Å². The number of nitrogen functional groups attached to an aromatic ring is 1. The molecule has 0 saturated carbocycles. The first-order chi connectivity index (χ1) is 12.1. The number of fused-ring (bicyclic) bond motifs is 1. The molecule has 130 valence electrons. The van der Waals surface area contributed by atoms with E-state index in [1.807, 2.05) is 12.1 Å². The number of hydrogen-bond acceptors (Lipinski definition) is 5. The van der Waals surface area contributed by atoms with Crippen LogP contribution in [0.25, 0.3) is 11.1 Å². The maximum atomic E-state index is 9.68. The number of anilines is 1. The van der Waals surface area contributed by atoms with Gasteiger partial charge in [0.15, 0.2) is 11.5 Å². The molecule has 0 atom stereocenters. The van der Waals surface area contributed by atoms with Gasteiger partial charge in [0.05, 0.1) is 21.3 Å². The van der Waals surface area contributed by atoms with Gasteiger partial charge in [-0.2, -0.15) is 5.26 Å². The van der Waals surface area contributed by atoms with E-state index in [0.717, 1.165) is 48.1 Å². The summed E-state index contributed by atoms with van der Waals surface area (Å²) in [6.07, 6.45) is 4.05. The Hall–Kier alpha value is -2.94. The fourth-order valence-electron chi connectivity index (χ4n) is 3.49. The second kappa shape index (κ2) is 6.89. The number of aromatic nitrogens is 1. The molecule has 25 heavy (non-hydrogen) atoms. The lowest BCUT2D eigenvalue weighted by molar-refractivity contribution is -0.374. The average molecular weight is 340 g/mol. The van der Waals surface area contributed by atoms with Crippen LogP contribution in [0.3, 0.4) is 0 Å². The van der Waals surface area contributed by atoms with Crippen molar-refractivity contribution in [2.45, 2.75) is 25.7 Å². The van der Waals surface area contributed by atoms with Crippen LogP contribution in [0.15, 0.2) is 12.1 Å². The highest BCUT2D eigenvalue weighted by molar-refractivity contribution is 5.81. The average Bonchev–Trinajstić information content (AvgIpc) is 2.65. The van der Waals surface area contributed by atoms with Crippen LogP contribution in [0.1, 0.15) is 29.7 Å². The normalized spacial score (nSPS) is 12.9. The lowest BCUT2D eigenvalue weighted by Gasteiger charge is -2.20. The zero-order valence-corrected chi connectivity index (χ0v) is 14.7. The second-order valence-electron chi connectivity index (χ2n) is 5.98. The lowest BCUT2D eigenvalue weighted by atomic mass is 9.86. The molecule has 3 rings (SSSR count). The van der Waals surface area contributed by atoms with Crippen molar-refractivity contribution in [3.05, 3.63) is 29.0 Å². The van der Waals surface area contributed by atoms with Crippen molar-refractivity contribution in [1.29, 1.82) is 5.26 Å². The Balaban J connectivity index is 2.33. The predicted octanol–water partition coefficient (Wildman–Crippen LogP) is 2.53. The third-order valence-corrected chi connectivity index (χ3v) is 4.64. The van der Waals surface area contributed by atoms with Crippen molar-refractivity contribution in [2.24, 2.45) is 0 Å². The topological polar surface area (TPSA) is 91.6 Å². The van der Waals surface area contributed by atoms with Gasteiger partial charge in [0, 0.05) is 17.5 Å². The molecule has 1 heterocycles. The van der Waals surface area contributed by atoms with Crippen LogP contribution in [0.5, 0.6) is 17.2 Å². The number of ether oxygens (including phenoxy) is 3. The van der Waals surface area contributed by atoms with E-state index in [0.29, 0.717) is 28.6 Å². The molecule has 0 aliphatic heterocycles. The number of rotatable bonds is 4. The quantitative estimate of drug-likeness (QED) is 0.923. The SMILES string of the molecule is COc1cc(-c2c(C#N)c(N)[nH+]c3c2CCCC3)cc(OC)c1OC. The van der Waals surface area contributed by atoms with Gasteiger partial charge in [-0.3, -0.25) is 5.73 Å². The number of nitriles is 1. The predicted molar refractivity (Wildman–Crippen MR) is 93.9 cm³/mol. The van der Waals surface area contributed by atoms with Crippen LogP contribution in [0, 0.1) is 11.3 Å². The van der Waals surface area contributed by atoms with Crippen molar-refractivity contribution >= 4 is 5.82 Å². The molecule has 0 saturated heterocycles. The van der Waals surface area contributed by atoms with E-state index in [1.54, 1.807) is 21.3 Å². The summed E-state index contributed by atoms with van der Waals surface area (Å²) in [5, 5.41) is 9.68. The van der Waals surface area contributed by atoms with Gasteiger partial charge in [0.25, 0.3) is 5.82 Å². The number of pyridine rings is 1. The molecule has 6 nitrogen and oxygen atoms in total. The number of nitrogens with zero attached hydrogens (tertiary/aromatic N) is 1. The van der Waals surface area contributed by atoms with Crippen molar-refractivity contribution in [3.8, 4) is 34.4 Å². The van der Waals surface area contributed by atoms with Gasteiger partial charge in [-0.05, 0) is 37.0 Å². The van der Waals surface area contributed by atoms with Crippen LogP contribution in [0.2, 0.25) is 0 Å². The minimum absolute atomic E-state index is 0.395. The Morgan fingerprint density at radius 3 is 2.24 bits per heavy atom. The number of hydrogen-bond donors (Lipinski definition) is 1. The number of aromatic amines is 1. The fraction of sp³-hybridized carbons (Fsp3) is 0.368. The summed E-state index contributed by atoms with van der Waals surface area (Å²) in [4.78, 5) is 3.21. The Morgan fingerprint density at radius 2 is 1.68 bits per heavy atom. The van der Waals surface area contributed by atoms with Gasteiger partial charge in [-0.15, -0.1) is 0 Å². The summed E-state index contributed by atoms with van der Waals surface area (Å²) in [5.74, 6) is 2.02. The molecule has 1 aliphatic rings. The molecule has 0 spiro atoms. The molecule has 0 fully saturated rings. The molecular formula is C19H22N3O3+. The van der Waals surface area contributed by atoms with Crippen LogP contribution in [-0.4, -0.2) is 21.3 Å². The number of nitrogens with two attached hydrogens (primary N) is 1. The molecule has 0 unspecified atom stereocenters. The molecule has 6 heteroatoms. The molecular weight excluding hydrogens is 318 g/mol. The van der Waals surface area contributed by atoms with Crippen LogP contribution >= 0.6 is 0 Å². The van der Waals surface area contributed by atoms with Gasteiger partial charge < -0.3 is 14.2 Å². The minimum Gasteiger partial charge on any atom is -0.493 e. The van der Waals surface area contributed by atoms with E-state index in [2.05, 4.69) is 11.1 Å². The van der Waals surface area contributed by atoms with E-state index in [4.69, 9.17) is 19.9 Å². The molecule has 0 bridgehead atoms. The lowest BCUT2D eigenvalue weighted by Crippen LogP contribution is -2.24. The highest BCUT2D eigenvalue weighted by Gasteiger charge is 2.26. The van der Waals surface area contributed by atoms with E-state index < -0.39 is 0 Å². The Labute approximate surface area is 147 Å². The van der Waals surface area contributed by atoms with Gasteiger partial charge in [-0.25, -0.2) is 4.98 Å². The van der Waals surface area contributed by atoms with Gasteiger partial charge in [0.1, 0.15) is 17.3 Å². The highest BCUT2D eigenvalue weighted by Crippen LogP contribution is 2.43. The molecule has 0 amide bonds. The summed E-state index contributed by atoms with van der Waals surface area (Å²) in [5.41, 5.74) is 10.5. The number of aryl methyl sites for hydroxylation is 1. The number of methoxy groups -OCH3 is 3. The van der Waals surface area contributed by atoms with Gasteiger partial charge >= 0.3 is 0 Å². The molecule has 3 N–H and O–H groups in total. The summed E-state index contributed by atoms with van der Waals surface area (Å²) in [7, 11) is 4.72. The standard InChI is InChI=1S/C19H21N3O3/c1-23-15-8-11(9-16(24-2)18(15)25-3)17-12-6-4-5-7-14(12)22-19(21)13(17)10-20/h8-9H,4-7H2,1-3H3,(H2,21,22)/p+1. The zero-order valence-electron chi connectivity index (χ0n) is 14.7. The van der Waals surface area contributed by atoms with Gasteiger partial charge in [-0.1, -0.05) is 0 Å². The van der Waals surface area contributed by atoms with E-state index in [9.17, 15) is 5.26 Å². The monoisotopic (exact) mass is 340 g/mol. The molecule has 2 aromatic rings. The first kappa shape index (κ1) is 16.9. The maximum Gasteiger partial charge on any atom is 0.289 e. The smallest absolute Gasteiger partial charge is 0.289 e. The number of nitrogens with one attached hydrogen (secondary N) is 1. The van der Waals surface area contributed by atoms with Crippen molar-refractivity contribution in [2.75, 3.05) is 27.1 Å². The number of benzene rings is 1. The molecule has 1 aliphatic carbocycles. The largest absolute Gasteiger partial charge is 0.493 e. The second-order valence-corrected chi connectivity index (χ2v) is 5.98. The summed E-state index contributed by atoms with van der Waals surface area (Å²) in [6.45, 7) is 0. The van der Waals surface area contributed by atoms with Crippen LogP contribution in [-0.2, 0) is 12.8 Å². The number of H-pyrrole nitrogens is 1. The minimum atomic E-state index is 0.395. The third-order valence-electron chi connectivity index (χ3n) is 4.64. The first-order valence-electron chi connectivity index (χ1n) is 8.21. The van der Waals surface area contributed by atoms with Crippen LogP contribution in [0.4, 0.5) is 5.82 Å². The fourth-order valence-corrected chi connectivity index (χ4v) is 3.49. The molecule has 1 aromatic heterocycles. The van der Waals surface area contributed by atoms with Crippen molar-refractivity contribution < 1.29 is 19.2 Å². The highest BCUT2D eigenvalue weighted by atomic mass is 16.5. The first-order valence-corrected chi connectivity index (χ1v) is 8.21. The maximum absolute atomic E-state index is 9.68. The van der Waals surface area contributed by atoms with Gasteiger partial charge in [0.2, 0.25) is 5.75 Å². The Kier molecular flexibility index (Phi) is 4.66. The summed E-state index contributed by atoms with van der Waals surface area (Å²) in [6, 6.07) is 5.98. The van der Waals surface area contributed by atoms with Crippen LogP contribution < -0.4 is 24.9 Å². The third kappa shape index (κ3) is 2.82. The summed E-state index contributed by atoms with van der Waals surface area (Å²) >= 11 is 0. The molecule has 0 radical (unpaired) electrons. The van der Waals surface area contributed by atoms with E-state index >= 15 is 0 Å². The Bertz CT molecular complexity index is 831. The summed E-state index contributed by atoms with van der Waals surface area (Å²) < 4.78 is 16.3. The van der Waals surface area contributed by atoms with E-state index in [1.165, 1.54) is 0 Å². The molecule has 1 aromatic carbocycles.